The van der Waals surface area contributed by atoms with Crippen molar-refractivity contribution >= 4 is 27.3 Å². The van der Waals surface area contributed by atoms with Gasteiger partial charge in [-0.1, -0.05) is 13.3 Å². The number of nitrogens with two attached hydrogens (primary N) is 1. The Labute approximate surface area is 104 Å². The number of thiophene rings is 1. The van der Waals surface area contributed by atoms with Crippen molar-refractivity contribution in [2.24, 2.45) is 11.7 Å². The van der Waals surface area contributed by atoms with Crippen LogP contribution in [-0.2, 0) is 5.54 Å². The van der Waals surface area contributed by atoms with Crippen molar-refractivity contribution < 1.29 is 0 Å². The Hall–Kier alpha value is 0.140. The minimum Gasteiger partial charge on any atom is -0.321 e. The van der Waals surface area contributed by atoms with E-state index < -0.39 is 0 Å². The summed E-state index contributed by atoms with van der Waals surface area (Å²) in [6.07, 6.45) is 6.16. The highest BCUT2D eigenvalue weighted by atomic mass is 79.9. The molecule has 1 nitrogen and oxygen atoms in total. The van der Waals surface area contributed by atoms with Gasteiger partial charge >= 0.3 is 0 Å². The summed E-state index contributed by atoms with van der Waals surface area (Å²) in [5.41, 5.74) is 7.78. The molecule has 1 heterocycles. The fourth-order valence-corrected chi connectivity index (χ4v) is 4.30. The van der Waals surface area contributed by atoms with Crippen molar-refractivity contribution in [2.75, 3.05) is 0 Å². The average Bonchev–Trinajstić information content (AvgIpc) is 2.66. The van der Waals surface area contributed by atoms with Crippen LogP contribution >= 0.6 is 27.3 Å². The van der Waals surface area contributed by atoms with Gasteiger partial charge < -0.3 is 5.73 Å². The normalized spacial score (nSPS) is 31.8. The third-order valence-corrected chi connectivity index (χ3v) is 5.43. The Morgan fingerprint density at radius 2 is 2.13 bits per heavy atom. The Kier molecular flexibility index (Phi) is 3.53. The lowest BCUT2D eigenvalue weighted by atomic mass is 9.73. The smallest absolute Gasteiger partial charge is 0.0429 e. The molecule has 1 aromatic rings. The van der Waals surface area contributed by atoms with Crippen LogP contribution in [0.1, 0.15) is 44.6 Å². The molecule has 0 amide bonds. The molecule has 15 heavy (non-hydrogen) atoms. The van der Waals surface area contributed by atoms with Crippen LogP contribution in [0, 0.1) is 5.92 Å². The molecule has 1 saturated carbocycles. The summed E-state index contributed by atoms with van der Waals surface area (Å²) in [4.78, 5) is 0. The van der Waals surface area contributed by atoms with Gasteiger partial charge in [-0.15, -0.1) is 0 Å². The van der Waals surface area contributed by atoms with Gasteiger partial charge in [0.15, 0.2) is 0 Å². The van der Waals surface area contributed by atoms with Crippen LogP contribution in [0.4, 0.5) is 0 Å². The SMILES string of the molecule is CCC1CCC(N)(c2cscc2Br)CC1. The summed E-state index contributed by atoms with van der Waals surface area (Å²) < 4.78 is 1.20. The molecule has 0 saturated heterocycles. The van der Waals surface area contributed by atoms with E-state index >= 15 is 0 Å². The molecular formula is C12H18BrNS. The van der Waals surface area contributed by atoms with Gasteiger partial charge in [0.2, 0.25) is 0 Å². The Morgan fingerprint density at radius 1 is 1.47 bits per heavy atom. The second kappa shape index (κ2) is 4.56. The Balaban J connectivity index is 2.13. The van der Waals surface area contributed by atoms with Gasteiger partial charge in [0.25, 0.3) is 0 Å². The summed E-state index contributed by atoms with van der Waals surface area (Å²) in [5, 5.41) is 4.34. The topological polar surface area (TPSA) is 26.0 Å². The van der Waals surface area contributed by atoms with E-state index in [1.165, 1.54) is 29.3 Å². The lowest BCUT2D eigenvalue weighted by molar-refractivity contribution is 0.231. The molecule has 2 N–H and O–H groups in total. The van der Waals surface area contributed by atoms with E-state index in [1.54, 1.807) is 11.3 Å². The molecule has 0 atom stereocenters. The fraction of sp³-hybridized carbons (Fsp3) is 0.667. The third-order valence-electron chi connectivity index (χ3n) is 3.73. The molecule has 1 aliphatic carbocycles. The van der Waals surface area contributed by atoms with Gasteiger partial charge in [0.05, 0.1) is 0 Å². The predicted molar refractivity (Wildman–Crippen MR) is 70.1 cm³/mol. The van der Waals surface area contributed by atoms with Gasteiger partial charge in [0, 0.05) is 15.4 Å². The lowest BCUT2D eigenvalue weighted by Crippen LogP contribution is -2.40. The maximum absolute atomic E-state index is 6.52. The molecule has 0 aliphatic heterocycles. The van der Waals surface area contributed by atoms with Gasteiger partial charge in [-0.05, 0) is 58.5 Å². The van der Waals surface area contributed by atoms with Crippen molar-refractivity contribution in [3.05, 3.63) is 20.8 Å². The average molecular weight is 288 g/mol. The van der Waals surface area contributed by atoms with Crippen LogP contribution < -0.4 is 5.73 Å². The van der Waals surface area contributed by atoms with Gasteiger partial charge in [-0.25, -0.2) is 0 Å². The summed E-state index contributed by atoms with van der Waals surface area (Å²) in [6, 6.07) is 0. The maximum Gasteiger partial charge on any atom is 0.0429 e. The first-order valence-corrected chi connectivity index (χ1v) is 7.40. The highest BCUT2D eigenvalue weighted by molar-refractivity contribution is 9.10. The lowest BCUT2D eigenvalue weighted by Gasteiger charge is -2.37. The van der Waals surface area contributed by atoms with E-state index in [0.29, 0.717) is 0 Å². The zero-order valence-corrected chi connectivity index (χ0v) is 11.5. The highest BCUT2D eigenvalue weighted by Crippen LogP contribution is 2.42. The summed E-state index contributed by atoms with van der Waals surface area (Å²) >= 11 is 5.34. The molecule has 0 aromatic carbocycles. The molecule has 0 radical (unpaired) electrons. The third kappa shape index (κ3) is 2.29. The molecule has 84 valence electrons. The van der Waals surface area contributed by atoms with Crippen molar-refractivity contribution in [3.63, 3.8) is 0 Å². The zero-order chi connectivity index (χ0) is 10.9. The number of hydrogen-bond donors (Lipinski definition) is 1. The monoisotopic (exact) mass is 287 g/mol. The summed E-state index contributed by atoms with van der Waals surface area (Å²) in [6.45, 7) is 2.29. The summed E-state index contributed by atoms with van der Waals surface area (Å²) in [5.74, 6) is 0.902. The predicted octanol–water partition coefficient (Wildman–Crippen LogP) is 4.26. The highest BCUT2D eigenvalue weighted by Gasteiger charge is 2.34. The quantitative estimate of drug-likeness (QED) is 0.864. The van der Waals surface area contributed by atoms with Gasteiger partial charge in [0.1, 0.15) is 0 Å². The van der Waals surface area contributed by atoms with Crippen LogP contribution in [0.2, 0.25) is 0 Å². The molecule has 1 fully saturated rings. The van der Waals surface area contributed by atoms with Crippen LogP contribution in [0.25, 0.3) is 0 Å². The fourth-order valence-electron chi connectivity index (χ4n) is 2.51. The van der Waals surface area contributed by atoms with E-state index in [0.717, 1.165) is 18.8 Å². The summed E-state index contributed by atoms with van der Waals surface area (Å²) in [7, 11) is 0. The van der Waals surface area contributed by atoms with Crippen LogP contribution in [0.5, 0.6) is 0 Å². The molecule has 1 aliphatic rings. The molecular weight excluding hydrogens is 270 g/mol. The molecule has 1 aromatic heterocycles. The van der Waals surface area contributed by atoms with Gasteiger partial charge in [-0.2, -0.15) is 11.3 Å². The number of rotatable bonds is 2. The zero-order valence-electron chi connectivity index (χ0n) is 9.13. The first-order valence-electron chi connectivity index (χ1n) is 5.67. The minimum absolute atomic E-state index is 0.0650. The number of halogens is 1. The number of hydrogen-bond acceptors (Lipinski definition) is 2. The van der Waals surface area contributed by atoms with E-state index in [9.17, 15) is 0 Å². The van der Waals surface area contributed by atoms with Crippen LogP contribution in [0.15, 0.2) is 15.2 Å². The largest absolute Gasteiger partial charge is 0.321 e. The Morgan fingerprint density at radius 3 is 2.60 bits per heavy atom. The molecule has 2 rings (SSSR count). The maximum atomic E-state index is 6.52. The molecule has 3 heteroatoms. The second-order valence-electron chi connectivity index (χ2n) is 4.64. The van der Waals surface area contributed by atoms with Crippen molar-refractivity contribution in [3.8, 4) is 0 Å². The Bertz CT molecular complexity index is 326. The first kappa shape index (κ1) is 11.6. The van der Waals surface area contributed by atoms with Crippen LogP contribution in [0.3, 0.4) is 0 Å². The van der Waals surface area contributed by atoms with Crippen LogP contribution in [-0.4, -0.2) is 0 Å². The van der Waals surface area contributed by atoms with E-state index in [2.05, 4.69) is 33.6 Å². The second-order valence-corrected chi connectivity index (χ2v) is 6.24. The molecule has 0 unspecified atom stereocenters. The van der Waals surface area contributed by atoms with E-state index in [4.69, 9.17) is 5.73 Å². The molecule has 0 bridgehead atoms. The first-order chi connectivity index (χ1) is 7.15. The van der Waals surface area contributed by atoms with Crippen molar-refractivity contribution in [2.45, 2.75) is 44.6 Å². The molecule has 0 spiro atoms. The minimum atomic E-state index is -0.0650. The van der Waals surface area contributed by atoms with Crippen molar-refractivity contribution in [1.29, 1.82) is 0 Å². The van der Waals surface area contributed by atoms with E-state index in [1.807, 2.05) is 0 Å². The van der Waals surface area contributed by atoms with E-state index in [-0.39, 0.29) is 5.54 Å². The van der Waals surface area contributed by atoms with Crippen molar-refractivity contribution in [1.82, 2.24) is 0 Å². The van der Waals surface area contributed by atoms with Gasteiger partial charge in [-0.3, -0.25) is 0 Å². The standard InChI is InChI=1S/C12H18BrNS/c1-2-9-3-5-12(14,6-4-9)10-7-15-8-11(10)13/h7-9H,2-6,14H2,1H3.